The lowest BCUT2D eigenvalue weighted by atomic mass is 10.2. The summed E-state index contributed by atoms with van der Waals surface area (Å²) in [6.07, 6.45) is 0. The van der Waals surface area contributed by atoms with Crippen LogP contribution in [-0.4, -0.2) is 5.51 Å². The number of hydrogen-bond acceptors (Lipinski definition) is 2. The van der Waals surface area contributed by atoms with E-state index in [0.29, 0.717) is 12.2 Å². The molecular weight excluding hydrogens is 302 g/mol. The molecule has 0 radical (unpaired) electrons. The van der Waals surface area contributed by atoms with Gasteiger partial charge in [0.2, 0.25) is 0 Å². The predicted octanol–water partition coefficient (Wildman–Crippen LogP) is 5.36. The number of alkyl halides is 3. The topological polar surface area (TPSA) is 12.0 Å². The Morgan fingerprint density at radius 2 is 1.71 bits per heavy atom. The molecule has 0 aliphatic rings. The molecule has 0 heterocycles. The van der Waals surface area contributed by atoms with E-state index in [2.05, 4.69) is 5.32 Å². The molecule has 0 amide bonds. The lowest BCUT2D eigenvalue weighted by Gasteiger charge is -2.09. The Balaban J connectivity index is 1.97. The molecule has 0 fully saturated rings. The van der Waals surface area contributed by atoms with Gasteiger partial charge in [0.1, 0.15) is 5.82 Å². The number of nitrogens with one attached hydrogen (secondary N) is 1. The van der Waals surface area contributed by atoms with Crippen molar-refractivity contribution in [2.24, 2.45) is 0 Å². The summed E-state index contributed by atoms with van der Waals surface area (Å²) in [6.45, 7) is 2.21. The Hall–Kier alpha value is -1.69. The maximum Gasteiger partial charge on any atom is 0.446 e. The van der Waals surface area contributed by atoms with Crippen LogP contribution in [0.15, 0.2) is 47.4 Å². The highest BCUT2D eigenvalue weighted by Gasteiger charge is 2.28. The van der Waals surface area contributed by atoms with Gasteiger partial charge in [-0.05, 0) is 60.1 Å². The fourth-order valence-corrected chi connectivity index (χ4v) is 2.39. The highest BCUT2D eigenvalue weighted by Crippen LogP contribution is 2.36. The fourth-order valence-electron chi connectivity index (χ4n) is 1.85. The van der Waals surface area contributed by atoms with Gasteiger partial charge in [-0.25, -0.2) is 4.39 Å². The molecule has 0 atom stereocenters. The van der Waals surface area contributed by atoms with Gasteiger partial charge >= 0.3 is 5.51 Å². The predicted molar refractivity (Wildman–Crippen MR) is 76.8 cm³/mol. The number of aryl methyl sites for hydroxylation is 1. The van der Waals surface area contributed by atoms with E-state index in [4.69, 9.17) is 0 Å². The van der Waals surface area contributed by atoms with Crippen LogP contribution in [0.3, 0.4) is 0 Å². The van der Waals surface area contributed by atoms with Gasteiger partial charge in [0, 0.05) is 17.1 Å². The van der Waals surface area contributed by atoms with Gasteiger partial charge in [-0.3, -0.25) is 0 Å². The summed E-state index contributed by atoms with van der Waals surface area (Å²) >= 11 is -0.142. The molecule has 0 aliphatic heterocycles. The summed E-state index contributed by atoms with van der Waals surface area (Å²) in [4.78, 5) is 0.146. The average Bonchev–Trinajstić information content (AvgIpc) is 2.35. The van der Waals surface area contributed by atoms with Gasteiger partial charge in [-0.15, -0.1) is 0 Å². The van der Waals surface area contributed by atoms with Crippen molar-refractivity contribution in [2.45, 2.75) is 23.9 Å². The first kappa shape index (κ1) is 15.7. The second-order valence-electron chi connectivity index (χ2n) is 4.56. The molecule has 0 saturated carbocycles. The molecule has 0 aromatic heterocycles. The largest absolute Gasteiger partial charge is 0.446 e. The molecule has 1 N–H and O–H groups in total. The van der Waals surface area contributed by atoms with Crippen molar-refractivity contribution in [3.63, 3.8) is 0 Å². The second-order valence-corrected chi connectivity index (χ2v) is 5.70. The molecule has 1 nitrogen and oxygen atoms in total. The van der Waals surface area contributed by atoms with Gasteiger partial charge in [0.05, 0.1) is 0 Å². The molecule has 6 heteroatoms. The van der Waals surface area contributed by atoms with Gasteiger partial charge in [-0.2, -0.15) is 13.2 Å². The molecule has 2 aromatic carbocycles. The summed E-state index contributed by atoms with van der Waals surface area (Å²) in [7, 11) is 0. The SMILES string of the molecule is Cc1cc(F)cc(NCc2ccc(SC(F)(F)F)cc2)c1. The number of benzene rings is 2. The normalized spacial score (nSPS) is 11.5. The number of thioether (sulfide) groups is 1. The van der Waals surface area contributed by atoms with Crippen LogP contribution in [0.1, 0.15) is 11.1 Å². The Morgan fingerprint density at radius 3 is 2.29 bits per heavy atom. The Kier molecular flexibility index (Phi) is 4.77. The van der Waals surface area contributed by atoms with Crippen LogP contribution in [0.2, 0.25) is 0 Å². The Bertz CT molecular complexity index is 588. The third-order valence-corrected chi connectivity index (χ3v) is 3.44. The quantitative estimate of drug-likeness (QED) is 0.602. The first-order chi connectivity index (χ1) is 9.82. The van der Waals surface area contributed by atoms with Crippen LogP contribution < -0.4 is 5.32 Å². The van der Waals surface area contributed by atoms with E-state index in [1.165, 1.54) is 24.3 Å². The molecule has 0 unspecified atom stereocenters. The summed E-state index contributed by atoms with van der Waals surface area (Å²) in [5.74, 6) is -0.325. The number of rotatable bonds is 4. The van der Waals surface area contributed by atoms with Gasteiger partial charge in [0.25, 0.3) is 0 Å². The molecule has 112 valence electrons. The molecule has 0 bridgehead atoms. The standard InChI is InChI=1S/C15H13F4NS/c1-10-6-12(16)8-13(7-10)20-9-11-2-4-14(5-3-11)21-15(17,18)19/h2-8,20H,9H2,1H3. The smallest absolute Gasteiger partial charge is 0.381 e. The molecule has 21 heavy (non-hydrogen) atoms. The zero-order valence-electron chi connectivity index (χ0n) is 11.2. The van der Waals surface area contributed by atoms with Crippen molar-refractivity contribution in [1.29, 1.82) is 0 Å². The van der Waals surface area contributed by atoms with Crippen molar-refractivity contribution < 1.29 is 17.6 Å². The molecular formula is C15H13F4NS. The van der Waals surface area contributed by atoms with Crippen molar-refractivity contribution in [3.8, 4) is 0 Å². The van der Waals surface area contributed by atoms with E-state index in [0.717, 1.165) is 11.1 Å². The fraction of sp³-hybridized carbons (Fsp3) is 0.200. The zero-order chi connectivity index (χ0) is 15.5. The highest BCUT2D eigenvalue weighted by atomic mass is 32.2. The van der Waals surface area contributed by atoms with E-state index in [9.17, 15) is 17.6 Å². The number of halogens is 4. The first-order valence-electron chi connectivity index (χ1n) is 6.17. The van der Waals surface area contributed by atoms with E-state index in [1.54, 1.807) is 25.1 Å². The van der Waals surface area contributed by atoms with E-state index in [-0.39, 0.29) is 22.5 Å². The van der Waals surface area contributed by atoms with Crippen LogP contribution in [0.25, 0.3) is 0 Å². The molecule has 0 spiro atoms. The molecule has 0 aliphatic carbocycles. The Morgan fingerprint density at radius 1 is 1.05 bits per heavy atom. The van der Waals surface area contributed by atoms with Crippen molar-refractivity contribution in [3.05, 3.63) is 59.4 Å². The lowest BCUT2D eigenvalue weighted by molar-refractivity contribution is -0.0328. The second kappa shape index (κ2) is 6.39. The van der Waals surface area contributed by atoms with Crippen LogP contribution in [0.5, 0.6) is 0 Å². The Labute approximate surface area is 124 Å². The maximum atomic E-state index is 13.2. The van der Waals surface area contributed by atoms with Crippen molar-refractivity contribution >= 4 is 17.4 Å². The maximum absolute atomic E-state index is 13.2. The van der Waals surface area contributed by atoms with E-state index in [1.807, 2.05) is 0 Å². The first-order valence-corrected chi connectivity index (χ1v) is 6.99. The average molecular weight is 315 g/mol. The minimum atomic E-state index is -4.28. The molecule has 2 aromatic rings. The third kappa shape index (κ3) is 5.30. The monoisotopic (exact) mass is 315 g/mol. The van der Waals surface area contributed by atoms with Crippen LogP contribution >= 0.6 is 11.8 Å². The van der Waals surface area contributed by atoms with E-state index < -0.39 is 5.51 Å². The minimum absolute atomic E-state index is 0.142. The van der Waals surface area contributed by atoms with Gasteiger partial charge < -0.3 is 5.32 Å². The lowest BCUT2D eigenvalue weighted by Crippen LogP contribution is -2.01. The zero-order valence-corrected chi connectivity index (χ0v) is 12.0. The number of hydrogen-bond donors (Lipinski definition) is 1. The third-order valence-electron chi connectivity index (χ3n) is 2.70. The molecule has 2 rings (SSSR count). The highest BCUT2D eigenvalue weighted by molar-refractivity contribution is 8.00. The van der Waals surface area contributed by atoms with Gasteiger partial charge in [-0.1, -0.05) is 12.1 Å². The summed E-state index contributed by atoms with van der Waals surface area (Å²) in [5.41, 5.74) is -2.02. The van der Waals surface area contributed by atoms with Crippen molar-refractivity contribution in [1.82, 2.24) is 0 Å². The van der Waals surface area contributed by atoms with Crippen molar-refractivity contribution in [2.75, 3.05) is 5.32 Å². The van der Waals surface area contributed by atoms with Crippen LogP contribution in [0.4, 0.5) is 23.2 Å². The minimum Gasteiger partial charge on any atom is -0.381 e. The van der Waals surface area contributed by atoms with Crippen LogP contribution in [0, 0.1) is 12.7 Å². The molecule has 0 saturated heterocycles. The summed E-state index contributed by atoms with van der Waals surface area (Å²) in [5, 5.41) is 3.04. The van der Waals surface area contributed by atoms with E-state index >= 15 is 0 Å². The summed E-state index contributed by atoms with van der Waals surface area (Å²) in [6, 6.07) is 10.7. The van der Waals surface area contributed by atoms with Crippen LogP contribution in [-0.2, 0) is 6.54 Å². The van der Waals surface area contributed by atoms with Gasteiger partial charge in [0.15, 0.2) is 0 Å². The summed E-state index contributed by atoms with van der Waals surface area (Å²) < 4.78 is 49.8. The number of anilines is 1.